The molecule has 0 radical (unpaired) electrons. The quantitative estimate of drug-likeness (QED) is 0.266. The fraction of sp³-hybridized carbons (Fsp3) is 0.640. The largest absolute Gasteiger partial charge is 0.444 e. The fourth-order valence-electron chi connectivity index (χ4n) is 4.90. The first-order valence-electron chi connectivity index (χ1n) is 12.1. The Morgan fingerprint density at radius 3 is 2.69 bits per heavy atom. The van der Waals surface area contributed by atoms with E-state index in [1.807, 2.05) is 0 Å². The number of hydrogen-bond donors (Lipinski definition) is 4. The number of allylic oxidation sites excluding steroid dienone is 1. The van der Waals surface area contributed by atoms with Crippen LogP contribution in [0.25, 0.3) is 0 Å². The second-order valence-corrected chi connectivity index (χ2v) is 10.7. The lowest BCUT2D eigenvalue weighted by atomic mass is 9.62. The lowest BCUT2D eigenvalue weighted by molar-refractivity contribution is -0.115. The van der Waals surface area contributed by atoms with Crippen LogP contribution in [0.2, 0.25) is 0 Å². The highest BCUT2D eigenvalue weighted by Gasteiger charge is 2.42. The summed E-state index contributed by atoms with van der Waals surface area (Å²) >= 11 is 0. The van der Waals surface area contributed by atoms with Gasteiger partial charge in [0.05, 0.1) is 13.2 Å². The van der Waals surface area contributed by atoms with Gasteiger partial charge in [0.25, 0.3) is 5.56 Å². The first kappa shape index (κ1) is 29.0. The maximum absolute atomic E-state index is 12.5. The second-order valence-electron chi connectivity index (χ2n) is 10.7. The Morgan fingerprint density at radius 1 is 1.31 bits per heavy atom. The van der Waals surface area contributed by atoms with Gasteiger partial charge in [-0.3, -0.25) is 19.9 Å². The standard InChI is InChI=1S/C25H39N5O6/c1-7-19(31)8-9-35-13-17(3)36-23(34)28-18-11-24(4,5)14-25(6,12-18)15-26-22(33)30-21-27-16(2)10-20(32)29-21/h7,10,17-18H,1,8-9,11-15H2,2-6H3,(H,28,34)(H3,26,27,29,30,32,33). The Morgan fingerprint density at radius 2 is 2.03 bits per heavy atom. The Bertz CT molecular complexity index is 1010. The van der Waals surface area contributed by atoms with Crippen molar-refractivity contribution in [1.82, 2.24) is 20.6 Å². The van der Waals surface area contributed by atoms with Gasteiger partial charge in [-0.05, 0) is 50.0 Å². The van der Waals surface area contributed by atoms with Gasteiger partial charge < -0.3 is 20.1 Å². The summed E-state index contributed by atoms with van der Waals surface area (Å²) in [5.74, 6) is -0.0164. The van der Waals surface area contributed by atoms with Crippen molar-refractivity contribution in [2.24, 2.45) is 10.8 Å². The summed E-state index contributed by atoms with van der Waals surface area (Å²) in [7, 11) is 0. The Hall–Kier alpha value is -3.21. The number of amides is 3. The summed E-state index contributed by atoms with van der Waals surface area (Å²) in [4.78, 5) is 54.3. The highest BCUT2D eigenvalue weighted by atomic mass is 16.6. The van der Waals surface area contributed by atoms with E-state index in [4.69, 9.17) is 9.47 Å². The summed E-state index contributed by atoms with van der Waals surface area (Å²) in [6.45, 7) is 13.9. The lowest BCUT2D eigenvalue weighted by Gasteiger charge is -2.46. The maximum atomic E-state index is 12.5. The molecule has 0 spiro atoms. The minimum absolute atomic E-state index is 0.0706. The molecule has 11 nitrogen and oxygen atoms in total. The number of nitrogens with one attached hydrogen (secondary N) is 4. The van der Waals surface area contributed by atoms with Crippen LogP contribution in [-0.2, 0) is 14.3 Å². The zero-order valence-electron chi connectivity index (χ0n) is 21.9. The predicted octanol–water partition coefficient (Wildman–Crippen LogP) is 3.06. The number of carbonyl (C=O) groups is 3. The monoisotopic (exact) mass is 505 g/mol. The van der Waals surface area contributed by atoms with Gasteiger partial charge in [0, 0.05) is 30.8 Å². The van der Waals surface area contributed by atoms with E-state index >= 15 is 0 Å². The fourth-order valence-corrected chi connectivity index (χ4v) is 4.90. The van der Waals surface area contributed by atoms with Gasteiger partial charge >= 0.3 is 12.1 Å². The first-order valence-corrected chi connectivity index (χ1v) is 12.1. The number of ether oxygens (including phenoxy) is 2. The smallest absolute Gasteiger partial charge is 0.407 e. The minimum Gasteiger partial charge on any atom is -0.444 e. The third-order valence-electron chi connectivity index (χ3n) is 5.92. The van der Waals surface area contributed by atoms with Crippen molar-refractivity contribution >= 4 is 23.9 Å². The molecule has 0 bridgehead atoms. The minimum atomic E-state index is -0.529. The van der Waals surface area contributed by atoms with Crippen LogP contribution in [0.1, 0.15) is 59.1 Å². The number of aryl methyl sites for hydroxylation is 1. The molecule has 2 rings (SSSR count). The molecule has 1 heterocycles. The molecule has 3 unspecified atom stereocenters. The summed E-state index contributed by atoms with van der Waals surface area (Å²) < 4.78 is 10.8. The number of carbonyl (C=O) groups excluding carboxylic acids is 3. The molecule has 4 N–H and O–H groups in total. The van der Waals surface area contributed by atoms with Crippen molar-refractivity contribution in [2.75, 3.05) is 25.1 Å². The van der Waals surface area contributed by atoms with Crippen LogP contribution in [0.4, 0.5) is 15.5 Å². The molecule has 3 amide bonds. The molecule has 0 aliphatic heterocycles. The van der Waals surface area contributed by atoms with E-state index in [1.165, 1.54) is 12.1 Å². The predicted molar refractivity (Wildman–Crippen MR) is 136 cm³/mol. The van der Waals surface area contributed by atoms with Gasteiger partial charge in [0.1, 0.15) is 6.10 Å². The first-order chi connectivity index (χ1) is 16.8. The topological polar surface area (TPSA) is 152 Å². The van der Waals surface area contributed by atoms with Gasteiger partial charge in [-0.15, -0.1) is 0 Å². The SMILES string of the molecule is C=CC(=O)CCOCC(C)OC(=O)NC1CC(C)(C)CC(C)(CNC(=O)Nc2nc(C)cc(=O)[nH]2)C1. The third kappa shape index (κ3) is 10.2. The van der Waals surface area contributed by atoms with E-state index in [-0.39, 0.29) is 53.8 Å². The van der Waals surface area contributed by atoms with Gasteiger partial charge in [0.2, 0.25) is 5.95 Å². The van der Waals surface area contributed by atoms with E-state index in [2.05, 4.69) is 53.3 Å². The van der Waals surface area contributed by atoms with Crippen LogP contribution in [0, 0.1) is 17.8 Å². The highest BCUT2D eigenvalue weighted by Crippen LogP contribution is 2.45. The number of aromatic nitrogens is 2. The van der Waals surface area contributed by atoms with Crippen LogP contribution in [0.5, 0.6) is 0 Å². The number of hydrogen-bond acceptors (Lipinski definition) is 7. The Balaban J connectivity index is 1.85. The highest BCUT2D eigenvalue weighted by molar-refractivity contribution is 5.89. The molecule has 3 atom stereocenters. The van der Waals surface area contributed by atoms with E-state index in [9.17, 15) is 19.2 Å². The number of aromatic amines is 1. The molecule has 1 saturated carbocycles. The normalized spacial score (nSPS) is 21.6. The van der Waals surface area contributed by atoms with E-state index < -0.39 is 18.2 Å². The van der Waals surface area contributed by atoms with Gasteiger partial charge in [-0.1, -0.05) is 27.4 Å². The number of anilines is 1. The van der Waals surface area contributed by atoms with Crippen LogP contribution in [0.15, 0.2) is 23.5 Å². The molecule has 1 aromatic heterocycles. The van der Waals surface area contributed by atoms with Crippen molar-refractivity contribution in [2.45, 2.75) is 72.4 Å². The Labute approximate surface area is 211 Å². The average molecular weight is 506 g/mol. The molecule has 11 heteroatoms. The zero-order valence-corrected chi connectivity index (χ0v) is 21.9. The third-order valence-corrected chi connectivity index (χ3v) is 5.92. The summed E-state index contributed by atoms with van der Waals surface area (Å²) in [5.41, 5.74) is -0.196. The molecule has 1 fully saturated rings. The molecule has 200 valence electrons. The van der Waals surface area contributed by atoms with Crippen molar-refractivity contribution in [3.8, 4) is 0 Å². The molecule has 1 aliphatic rings. The van der Waals surface area contributed by atoms with Crippen molar-refractivity contribution in [3.05, 3.63) is 34.8 Å². The van der Waals surface area contributed by atoms with Crippen molar-refractivity contribution in [3.63, 3.8) is 0 Å². The Kier molecular flexibility index (Phi) is 10.2. The van der Waals surface area contributed by atoms with Crippen LogP contribution in [0.3, 0.4) is 0 Å². The van der Waals surface area contributed by atoms with Crippen LogP contribution >= 0.6 is 0 Å². The molecule has 1 aliphatic carbocycles. The van der Waals surface area contributed by atoms with Gasteiger partial charge in [-0.25, -0.2) is 14.6 Å². The average Bonchev–Trinajstić information content (AvgIpc) is 2.73. The zero-order chi connectivity index (χ0) is 26.9. The molecule has 1 aromatic rings. The second kappa shape index (κ2) is 12.7. The number of alkyl carbamates (subject to hydrolysis) is 1. The molecule has 0 aromatic carbocycles. The van der Waals surface area contributed by atoms with Crippen LogP contribution in [-0.4, -0.2) is 59.8 Å². The number of urea groups is 1. The van der Waals surface area contributed by atoms with E-state index in [0.717, 1.165) is 12.8 Å². The molecular weight excluding hydrogens is 466 g/mol. The number of ketones is 1. The summed E-state index contributed by atoms with van der Waals surface area (Å²) in [6, 6.07) is 0.734. The van der Waals surface area contributed by atoms with E-state index in [1.54, 1.807) is 13.8 Å². The summed E-state index contributed by atoms with van der Waals surface area (Å²) in [5, 5.41) is 8.37. The van der Waals surface area contributed by atoms with Gasteiger partial charge in [-0.2, -0.15) is 0 Å². The molecule has 36 heavy (non-hydrogen) atoms. The van der Waals surface area contributed by atoms with Gasteiger partial charge in [0.15, 0.2) is 5.78 Å². The number of rotatable bonds is 11. The van der Waals surface area contributed by atoms with Crippen molar-refractivity contribution in [1.29, 1.82) is 0 Å². The number of nitrogens with zero attached hydrogens (tertiary/aromatic N) is 1. The maximum Gasteiger partial charge on any atom is 0.407 e. The van der Waals surface area contributed by atoms with Crippen LogP contribution < -0.4 is 21.5 Å². The lowest BCUT2D eigenvalue weighted by Crippen LogP contribution is -2.51. The van der Waals surface area contributed by atoms with E-state index in [0.29, 0.717) is 18.7 Å². The summed E-state index contributed by atoms with van der Waals surface area (Å²) in [6.07, 6.45) is 2.76. The van der Waals surface area contributed by atoms with Crippen molar-refractivity contribution < 1.29 is 23.9 Å². The molecule has 0 saturated heterocycles. The molecular formula is C25H39N5O6. The number of H-pyrrole nitrogens is 1.